The van der Waals surface area contributed by atoms with Gasteiger partial charge in [-0.25, -0.2) is 0 Å². The molecule has 2 amide bonds. The first-order valence-electron chi connectivity index (χ1n) is 16.6. The van der Waals surface area contributed by atoms with Gasteiger partial charge in [-0.05, 0) is 41.9 Å². The number of rotatable bonds is 12. The number of ether oxygens (including phenoxy) is 4. The molecule has 0 spiro atoms. The van der Waals surface area contributed by atoms with E-state index in [1.54, 1.807) is 0 Å². The highest BCUT2D eigenvalue weighted by Crippen LogP contribution is 2.35. The van der Waals surface area contributed by atoms with Crippen molar-refractivity contribution in [2.75, 3.05) is 72.3 Å². The number of hydrogen-bond acceptors (Lipinski definition) is 8. The number of aliphatic hydroxyl groups is 1. The maximum absolute atomic E-state index is 13.1. The zero-order valence-electron chi connectivity index (χ0n) is 27.9. The maximum Gasteiger partial charge on any atom is 0.225 e. The second-order valence-electron chi connectivity index (χ2n) is 15.6. The molecule has 3 heterocycles. The van der Waals surface area contributed by atoms with Crippen LogP contribution in [-0.2, 0) is 28.5 Å². The first kappa shape index (κ1) is 34.6. The predicted octanol–water partition coefficient (Wildman–Crippen LogP) is 3.16. The summed E-state index contributed by atoms with van der Waals surface area (Å²) in [5.41, 5.74) is -0.363. The standard InChI is InChI=1S/C33H59N3O7/c1-31(2,3)25-20-34(13-17-41-25)28(37)10-11-32(4,5)26-21-35(14-18-42-26)29(38)23-40-16-12-33(6,7)27-22-36(15-19-43-27)30(39)24-8-9-24/h24-27,29,38H,8-23H2,1-7H3. The molecule has 4 fully saturated rings. The lowest BCUT2D eigenvalue weighted by atomic mass is 9.80. The molecular formula is C33H59N3O7. The quantitative estimate of drug-likeness (QED) is 0.337. The Bertz CT molecular complexity index is 932. The molecule has 0 aromatic heterocycles. The van der Waals surface area contributed by atoms with Crippen LogP contribution < -0.4 is 0 Å². The molecule has 248 valence electrons. The van der Waals surface area contributed by atoms with Crippen molar-refractivity contribution in [1.29, 1.82) is 0 Å². The molecule has 1 N–H and O–H groups in total. The summed E-state index contributed by atoms with van der Waals surface area (Å²) in [6.45, 7) is 21.4. The van der Waals surface area contributed by atoms with Gasteiger partial charge in [0, 0.05) is 58.2 Å². The average Bonchev–Trinajstić information content (AvgIpc) is 3.83. The number of morpholine rings is 3. The summed E-state index contributed by atoms with van der Waals surface area (Å²) in [4.78, 5) is 31.6. The Morgan fingerprint density at radius 2 is 1.35 bits per heavy atom. The van der Waals surface area contributed by atoms with Gasteiger partial charge in [0.2, 0.25) is 11.8 Å². The number of aliphatic hydroxyl groups excluding tert-OH is 1. The monoisotopic (exact) mass is 609 g/mol. The topological polar surface area (TPSA) is 101 Å². The second kappa shape index (κ2) is 14.4. The first-order chi connectivity index (χ1) is 20.2. The van der Waals surface area contributed by atoms with E-state index in [1.807, 2.05) is 14.7 Å². The normalized spacial score (nSPS) is 27.3. The van der Waals surface area contributed by atoms with Crippen molar-refractivity contribution in [3.63, 3.8) is 0 Å². The Hall–Kier alpha value is -1.30. The Kier molecular flexibility index (Phi) is 11.6. The highest BCUT2D eigenvalue weighted by atomic mass is 16.5. The minimum atomic E-state index is -0.716. The van der Waals surface area contributed by atoms with Gasteiger partial charge >= 0.3 is 0 Å². The molecule has 4 atom stereocenters. The van der Waals surface area contributed by atoms with E-state index in [0.717, 1.165) is 25.7 Å². The fourth-order valence-corrected chi connectivity index (χ4v) is 6.26. The molecule has 10 heteroatoms. The van der Waals surface area contributed by atoms with Gasteiger partial charge < -0.3 is 33.9 Å². The number of nitrogens with zero attached hydrogens (tertiary/aromatic N) is 3. The van der Waals surface area contributed by atoms with Crippen molar-refractivity contribution in [3.05, 3.63) is 0 Å². The SMILES string of the molecule is CC(C)(C)C1CN(C(=O)CCC(C)(C)C2CN(C(O)COCCC(C)(C)C3CN(C(=O)C4CC4)CCO3)CCO2)CCO1. The summed E-state index contributed by atoms with van der Waals surface area (Å²) in [6.07, 6.45) is 3.25. The van der Waals surface area contributed by atoms with Crippen LogP contribution in [0.15, 0.2) is 0 Å². The van der Waals surface area contributed by atoms with Crippen molar-refractivity contribution in [2.45, 2.75) is 105 Å². The van der Waals surface area contributed by atoms with Crippen molar-refractivity contribution in [3.8, 4) is 0 Å². The molecule has 0 radical (unpaired) electrons. The molecule has 3 saturated heterocycles. The Morgan fingerprint density at radius 3 is 2.00 bits per heavy atom. The zero-order chi connectivity index (χ0) is 31.4. The lowest BCUT2D eigenvalue weighted by molar-refractivity contribution is -0.152. The van der Waals surface area contributed by atoms with Crippen LogP contribution in [0.1, 0.15) is 80.6 Å². The maximum atomic E-state index is 13.1. The zero-order valence-corrected chi connectivity index (χ0v) is 27.9. The lowest BCUT2D eigenvalue weighted by Crippen LogP contribution is -2.54. The Labute approximate surface area is 259 Å². The van der Waals surface area contributed by atoms with E-state index in [1.165, 1.54) is 0 Å². The minimum absolute atomic E-state index is 0.000853. The van der Waals surface area contributed by atoms with E-state index < -0.39 is 6.23 Å². The molecule has 1 aliphatic carbocycles. The van der Waals surface area contributed by atoms with E-state index in [-0.39, 0.29) is 58.9 Å². The number of amides is 2. The molecule has 0 bridgehead atoms. The number of hydrogen-bond donors (Lipinski definition) is 1. The van der Waals surface area contributed by atoms with Gasteiger partial charge in [-0.2, -0.15) is 0 Å². The fraction of sp³-hybridized carbons (Fsp3) is 0.939. The molecular weight excluding hydrogens is 550 g/mol. The third-order valence-electron chi connectivity index (χ3n) is 10.1. The highest BCUT2D eigenvalue weighted by molar-refractivity contribution is 5.81. The van der Waals surface area contributed by atoms with Crippen molar-refractivity contribution >= 4 is 11.8 Å². The van der Waals surface area contributed by atoms with Crippen molar-refractivity contribution in [2.24, 2.45) is 22.2 Å². The second-order valence-corrected chi connectivity index (χ2v) is 15.6. The van der Waals surface area contributed by atoms with Crippen LogP contribution in [0.2, 0.25) is 0 Å². The van der Waals surface area contributed by atoms with Crippen LogP contribution >= 0.6 is 0 Å². The molecule has 43 heavy (non-hydrogen) atoms. The largest absolute Gasteiger partial charge is 0.377 e. The van der Waals surface area contributed by atoms with Gasteiger partial charge in [0.05, 0.1) is 44.7 Å². The third kappa shape index (κ3) is 9.60. The van der Waals surface area contributed by atoms with Crippen LogP contribution in [0.25, 0.3) is 0 Å². The van der Waals surface area contributed by atoms with Crippen LogP contribution in [0.5, 0.6) is 0 Å². The molecule has 1 saturated carbocycles. The summed E-state index contributed by atoms with van der Waals surface area (Å²) in [5.74, 6) is 0.694. The van der Waals surface area contributed by atoms with E-state index in [2.05, 4.69) is 48.5 Å². The number of carbonyl (C=O) groups is 2. The summed E-state index contributed by atoms with van der Waals surface area (Å²) in [6, 6.07) is 0. The van der Waals surface area contributed by atoms with Crippen LogP contribution in [0.3, 0.4) is 0 Å². The average molecular weight is 610 g/mol. The highest BCUT2D eigenvalue weighted by Gasteiger charge is 2.41. The van der Waals surface area contributed by atoms with Gasteiger partial charge in [0.1, 0.15) is 6.23 Å². The minimum Gasteiger partial charge on any atom is -0.377 e. The van der Waals surface area contributed by atoms with Crippen LogP contribution in [0.4, 0.5) is 0 Å². The lowest BCUT2D eigenvalue weighted by Gasteiger charge is -2.43. The molecule has 4 rings (SSSR count). The van der Waals surface area contributed by atoms with E-state index in [4.69, 9.17) is 18.9 Å². The first-order valence-corrected chi connectivity index (χ1v) is 16.6. The van der Waals surface area contributed by atoms with Crippen molar-refractivity contribution in [1.82, 2.24) is 14.7 Å². The van der Waals surface area contributed by atoms with E-state index in [0.29, 0.717) is 72.1 Å². The van der Waals surface area contributed by atoms with Crippen LogP contribution in [0, 0.1) is 22.2 Å². The molecule has 3 aliphatic heterocycles. The molecule has 4 aliphatic rings. The molecule has 0 aromatic carbocycles. The van der Waals surface area contributed by atoms with Gasteiger partial charge in [0.15, 0.2) is 0 Å². The molecule has 0 aromatic rings. The van der Waals surface area contributed by atoms with E-state index >= 15 is 0 Å². The van der Waals surface area contributed by atoms with E-state index in [9.17, 15) is 14.7 Å². The van der Waals surface area contributed by atoms with Gasteiger partial charge in [-0.15, -0.1) is 0 Å². The number of carbonyl (C=O) groups excluding carboxylic acids is 2. The summed E-state index contributed by atoms with van der Waals surface area (Å²) >= 11 is 0. The van der Waals surface area contributed by atoms with Gasteiger partial charge in [0.25, 0.3) is 0 Å². The molecule has 10 nitrogen and oxygen atoms in total. The predicted molar refractivity (Wildman–Crippen MR) is 164 cm³/mol. The van der Waals surface area contributed by atoms with Gasteiger partial charge in [-0.1, -0.05) is 48.5 Å². The fourth-order valence-electron chi connectivity index (χ4n) is 6.26. The molecule has 4 unspecified atom stereocenters. The van der Waals surface area contributed by atoms with Gasteiger partial charge in [-0.3, -0.25) is 14.5 Å². The summed E-state index contributed by atoms with van der Waals surface area (Å²) in [5, 5.41) is 11.0. The Morgan fingerprint density at radius 1 is 0.791 bits per heavy atom. The summed E-state index contributed by atoms with van der Waals surface area (Å²) in [7, 11) is 0. The smallest absolute Gasteiger partial charge is 0.225 e. The van der Waals surface area contributed by atoms with Crippen LogP contribution in [-0.4, -0.2) is 128 Å². The Balaban J connectivity index is 1.17. The third-order valence-corrected chi connectivity index (χ3v) is 10.1. The summed E-state index contributed by atoms with van der Waals surface area (Å²) < 4.78 is 24.1. The van der Waals surface area contributed by atoms with Crippen molar-refractivity contribution < 1.29 is 33.6 Å².